The Balaban J connectivity index is 2.79. The average molecular weight is 386 g/mol. The van der Waals surface area contributed by atoms with Crippen LogP contribution in [0.25, 0.3) is 0 Å². The fourth-order valence-electron chi connectivity index (χ4n) is 1.11. The molecule has 3 nitrogen and oxygen atoms in total. The van der Waals surface area contributed by atoms with E-state index in [-0.39, 0.29) is 11.9 Å². The largest absolute Gasteiger partial charge is 0.392 e. The third-order valence-corrected chi connectivity index (χ3v) is 4.58. The van der Waals surface area contributed by atoms with Gasteiger partial charge < -0.3 is 11.1 Å². The van der Waals surface area contributed by atoms with E-state index in [1.165, 1.54) is 11.3 Å². The van der Waals surface area contributed by atoms with Crippen molar-refractivity contribution in [1.82, 2.24) is 5.32 Å². The van der Waals surface area contributed by atoms with E-state index in [1.807, 2.05) is 6.92 Å². The third kappa shape index (κ3) is 3.51. The Kier molecular flexibility index (Phi) is 5.36. The molecular weight excluding hydrogens is 376 g/mol. The quantitative estimate of drug-likeness (QED) is 0.783. The second kappa shape index (κ2) is 6.09. The lowest BCUT2D eigenvalue weighted by atomic mass is 10.2. The summed E-state index contributed by atoms with van der Waals surface area (Å²) in [6.07, 6.45) is 0.685. The van der Waals surface area contributed by atoms with Crippen molar-refractivity contribution in [3.8, 4) is 0 Å². The number of thiophene rings is 1. The molecule has 3 N–H and O–H groups in total. The van der Waals surface area contributed by atoms with Crippen LogP contribution < -0.4 is 11.1 Å². The van der Waals surface area contributed by atoms with E-state index in [1.54, 1.807) is 6.07 Å². The molecule has 0 spiro atoms. The first-order valence-electron chi connectivity index (χ1n) is 4.50. The minimum absolute atomic E-state index is 0.173. The van der Waals surface area contributed by atoms with Crippen LogP contribution in [-0.2, 0) is 0 Å². The van der Waals surface area contributed by atoms with Gasteiger partial charge in [-0.25, -0.2) is 0 Å². The van der Waals surface area contributed by atoms with Crippen molar-refractivity contribution in [2.75, 3.05) is 0 Å². The first-order chi connectivity index (χ1) is 7.45. The van der Waals surface area contributed by atoms with Gasteiger partial charge in [-0.1, -0.05) is 19.1 Å². The van der Waals surface area contributed by atoms with Crippen molar-refractivity contribution < 1.29 is 4.79 Å². The second-order valence-electron chi connectivity index (χ2n) is 3.07. The Morgan fingerprint density at radius 3 is 2.69 bits per heavy atom. The SMILES string of the molecule is CCC(NC(=O)c1cc(Br)sc1Br)C(N)=S. The van der Waals surface area contributed by atoms with E-state index < -0.39 is 0 Å². The summed E-state index contributed by atoms with van der Waals surface area (Å²) in [5, 5.41) is 2.79. The number of amides is 1. The minimum atomic E-state index is -0.256. The lowest BCUT2D eigenvalue weighted by molar-refractivity contribution is 0.0946. The zero-order valence-corrected chi connectivity index (χ0v) is 13.2. The van der Waals surface area contributed by atoms with Crippen molar-refractivity contribution in [2.45, 2.75) is 19.4 Å². The molecule has 0 bridgehead atoms. The van der Waals surface area contributed by atoms with Gasteiger partial charge in [0.05, 0.1) is 24.2 Å². The molecule has 1 heterocycles. The molecule has 0 saturated heterocycles. The van der Waals surface area contributed by atoms with Gasteiger partial charge in [0, 0.05) is 0 Å². The predicted octanol–water partition coefficient (Wildman–Crippen LogP) is 3.07. The summed E-state index contributed by atoms with van der Waals surface area (Å²) in [5.41, 5.74) is 6.10. The van der Waals surface area contributed by atoms with Crippen LogP contribution in [0.5, 0.6) is 0 Å². The van der Waals surface area contributed by atoms with Crippen LogP contribution in [0.1, 0.15) is 23.7 Å². The molecule has 1 aromatic heterocycles. The highest BCUT2D eigenvalue weighted by atomic mass is 79.9. The standard InChI is InChI=1S/C9H10Br2N2OS2/c1-2-5(8(12)15)13-9(14)4-3-6(10)16-7(4)11/h3,5H,2H2,1H3,(H2,12,15)(H,13,14). The van der Waals surface area contributed by atoms with Gasteiger partial charge in [0.15, 0.2) is 0 Å². The van der Waals surface area contributed by atoms with Crippen LogP contribution in [0.2, 0.25) is 0 Å². The molecule has 1 unspecified atom stereocenters. The van der Waals surface area contributed by atoms with Gasteiger partial charge in [0.2, 0.25) is 0 Å². The predicted molar refractivity (Wildman–Crippen MR) is 78.0 cm³/mol. The van der Waals surface area contributed by atoms with Crippen LogP contribution in [0.3, 0.4) is 0 Å². The summed E-state index contributed by atoms with van der Waals surface area (Å²) in [4.78, 5) is 12.2. The molecule has 7 heteroatoms. The first-order valence-corrected chi connectivity index (χ1v) is 7.31. The monoisotopic (exact) mass is 384 g/mol. The Bertz CT molecular complexity index is 420. The summed E-state index contributed by atoms with van der Waals surface area (Å²) in [6, 6.07) is 1.50. The van der Waals surface area contributed by atoms with Gasteiger partial charge in [-0.05, 0) is 44.3 Å². The summed E-state index contributed by atoms with van der Waals surface area (Å²) < 4.78 is 1.68. The van der Waals surface area contributed by atoms with Crippen molar-refractivity contribution in [3.63, 3.8) is 0 Å². The number of nitrogens with two attached hydrogens (primary N) is 1. The number of hydrogen-bond donors (Lipinski definition) is 2. The number of carbonyl (C=O) groups excluding carboxylic acids is 1. The minimum Gasteiger partial charge on any atom is -0.392 e. The molecule has 1 rings (SSSR count). The normalized spacial score (nSPS) is 12.2. The van der Waals surface area contributed by atoms with E-state index in [9.17, 15) is 4.79 Å². The van der Waals surface area contributed by atoms with Crippen molar-refractivity contribution >= 4 is 66.3 Å². The third-order valence-electron chi connectivity index (χ3n) is 1.96. The second-order valence-corrected chi connectivity index (χ2v) is 7.30. The Hall–Kier alpha value is 0.0200. The average Bonchev–Trinajstić information content (AvgIpc) is 2.53. The van der Waals surface area contributed by atoms with E-state index in [0.29, 0.717) is 17.0 Å². The van der Waals surface area contributed by atoms with Crippen molar-refractivity contribution in [3.05, 3.63) is 19.2 Å². The fraction of sp³-hybridized carbons (Fsp3) is 0.333. The molecule has 1 amide bonds. The molecule has 0 aromatic carbocycles. The molecule has 16 heavy (non-hydrogen) atoms. The number of halogens is 2. The maximum Gasteiger partial charge on any atom is 0.253 e. The van der Waals surface area contributed by atoms with Crippen LogP contribution in [-0.4, -0.2) is 16.9 Å². The summed E-state index contributed by atoms with van der Waals surface area (Å²) in [6.45, 7) is 1.92. The van der Waals surface area contributed by atoms with E-state index in [4.69, 9.17) is 18.0 Å². The van der Waals surface area contributed by atoms with Gasteiger partial charge in [-0.15, -0.1) is 11.3 Å². The highest BCUT2D eigenvalue weighted by Crippen LogP contribution is 2.31. The zero-order valence-electron chi connectivity index (χ0n) is 8.42. The van der Waals surface area contributed by atoms with Gasteiger partial charge >= 0.3 is 0 Å². The molecule has 0 fully saturated rings. The van der Waals surface area contributed by atoms with Crippen molar-refractivity contribution in [2.24, 2.45) is 5.73 Å². The summed E-state index contributed by atoms with van der Waals surface area (Å²) in [7, 11) is 0. The topological polar surface area (TPSA) is 55.1 Å². The summed E-state index contributed by atoms with van der Waals surface area (Å²) in [5.74, 6) is -0.173. The highest BCUT2D eigenvalue weighted by molar-refractivity contribution is 9.12. The Labute approximate surface area is 120 Å². The zero-order chi connectivity index (χ0) is 12.3. The van der Waals surface area contributed by atoms with Crippen LogP contribution in [0.15, 0.2) is 13.6 Å². The maximum atomic E-state index is 11.9. The fourth-order valence-corrected chi connectivity index (χ4v) is 4.12. The Morgan fingerprint density at radius 2 is 2.31 bits per heavy atom. The molecule has 0 radical (unpaired) electrons. The number of rotatable bonds is 4. The van der Waals surface area contributed by atoms with Gasteiger partial charge in [0.1, 0.15) is 0 Å². The van der Waals surface area contributed by atoms with Crippen LogP contribution in [0, 0.1) is 0 Å². The molecule has 1 atom stereocenters. The van der Waals surface area contributed by atoms with E-state index >= 15 is 0 Å². The van der Waals surface area contributed by atoms with Gasteiger partial charge in [0.25, 0.3) is 5.91 Å². The van der Waals surface area contributed by atoms with E-state index in [0.717, 1.165) is 7.57 Å². The number of nitrogens with one attached hydrogen (secondary N) is 1. The molecule has 0 aliphatic heterocycles. The first kappa shape index (κ1) is 14.1. The lowest BCUT2D eigenvalue weighted by Gasteiger charge is -2.14. The smallest absolute Gasteiger partial charge is 0.253 e. The Morgan fingerprint density at radius 1 is 1.69 bits per heavy atom. The van der Waals surface area contributed by atoms with E-state index in [2.05, 4.69) is 37.2 Å². The molecule has 0 saturated carbocycles. The molecule has 0 aliphatic carbocycles. The molecule has 88 valence electrons. The molecular formula is C9H10Br2N2OS2. The van der Waals surface area contributed by atoms with Gasteiger partial charge in [-0.2, -0.15) is 0 Å². The van der Waals surface area contributed by atoms with Gasteiger partial charge in [-0.3, -0.25) is 4.79 Å². The lowest BCUT2D eigenvalue weighted by Crippen LogP contribution is -2.42. The highest BCUT2D eigenvalue weighted by Gasteiger charge is 2.18. The molecule has 1 aromatic rings. The number of carbonyl (C=O) groups is 1. The van der Waals surface area contributed by atoms with Crippen molar-refractivity contribution in [1.29, 1.82) is 0 Å². The summed E-state index contributed by atoms with van der Waals surface area (Å²) >= 11 is 13.0. The van der Waals surface area contributed by atoms with Crippen LogP contribution in [0.4, 0.5) is 0 Å². The molecule has 0 aliphatic rings. The maximum absolute atomic E-state index is 11.9. The number of hydrogen-bond acceptors (Lipinski definition) is 3. The van der Waals surface area contributed by atoms with Crippen LogP contribution >= 0.6 is 55.4 Å². The number of thiocarbonyl (C=S) groups is 1.